The average molecular weight is 398 g/mol. The third-order valence-electron chi connectivity index (χ3n) is 3.14. The van der Waals surface area contributed by atoms with Gasteiger partial charge in [0.25, 0.3) is 0 Å². The molecule has 0 aliphatic carbocycles. The van der Waals surface area contributed by atoms with Gasteiger partial charge in [-0.05, 0) is 42.3 Å². The Morgan fingerprint density at radius 3 is 2.75 bits per heavy atom. The second-order valence-corrected chi connectivity index (χ2v) is 5.87. The van der Waals surface area contributed by atoms with Gasteiger partial charge in [0.1, 0.15) is 11.6 Å². The predicted molar refractivity (Wildman–Crippen MR) is 89.8 cm³/mol. The summed E-state index contributed by atoms with van der Waals surface area (Å²) in [7, 11) is 0. The number of benzene rings is 1. The lowest BCUT2D eigenvalue weighted by Gasteiger charge is -2.08. The molecule has 0 atom stereocenters. The summed E-state index contributed by atoms with van der Waals surface area (Å²) >= 11 is 3.27. The molecule has 3 N–H and O–H groups in total. The molecule has 6 nitrogen and oxygen atoms in total. The molecule has 8 heteroatoms. The number of furan rings is 1. The van der Waals surface area contributed by atoms with Crippen molar-refractivity contribution in [2.75, 3.05) is 13.1 Å². The fourth-order valence-corrected chi connectivity index (χ4v) is 2.34. The van der Waals surface area contributed by atoms with Gasteiger partial charge in [0.05, 0.1) is 19.4 Å². The Kier molecular flexibility index (Phi) is 6.80. The molecule has 0 saturated carbocycles. The van der Waals surface area contributed by atoms with Crippen molar-refractivity contribution >= 4 is 27.9 Å². The van der Waals surface area contributed by atoms with E-state index in [0.29, 0.717) is 17.7 Å². The lowest BCUT2D eigenvalue weighted by molar-refractivity contribution is -0.120. The Labute approximate surface area is 146 Å². The zero-order valence-electron chi connectivity index (χ0n) is 12.8. The van der Waals surface area contributed by atoms with Gasteiger partial charge >= 0.3 is 6.03 Å². The standard InChI is InChI=1S/C16H17BrFN3O3/c17-12-3-4-14(18)11(8-12)5-6-19-16(23)21-10-15(22)20-9-13-2-1-7-24-13/h1-4,7-8H,5-6,9-10H2,(H,20,22)(H2,19,21,23). The van der Waals surface area contributed by atoms with E-state index >= 15 is 0 Å². The average Bonchev–Trinajstić information content (AvgIpc) is 3.07. The molecule has 0 aliphatic rings. The molecule has 1 aromatic carbocycles. The summed E-state index contributed by atoms with van der Waals surface area (Å²) in [5.41, 5.74) is 0.501. The van der Waals surface area contributed by atoms with Crippen LogP contribution in [0.25, 0.3) is 0 Å². The minimum absolute atomic E-state index is 0.155. The van der Waals surface area contributed by atoms with E-state index in [0.717, 1.165) is 4.47 Å². The molecule has 3 amide bonds. The SMILES string of the molecule is O=C(CNC(=O)NCCc1cc(Br)ccc1F)NCc1ccco1. The summed E-state index contributed by atoms with van der Waals surface area (Å²) < 4.78 is 19.4. The maximum absolute atomic E-state index is 13.5. The quantitative estimate of drug-likeness (QED) is 0.670. The third kappa shape index (κ3) is 6.04. The smallest absolute Gasteiger partial charge is 0.315 e. The number of urea groups is 1. The van der Waals surface area contributed by atoms with Crippen LogP contribution in [0.4, 0.5) is 9.18 Å². The van der Waals surface area contributed by atoms with Gasteiger partial charge in [-0.3, -0.25) is 4.79 Å². The van der Waals surface area contributed by atoms with Gasteiger partial charge in [0, 0.05) is 11.0 Å². The highest BCUT2D eigenvalue weighted by Crippen LogP contribution is 2.15. The highest BCUT2D eigenvalue weighted by atomic mass is 79.9. The molecule has 0 saturated heterocycles. The Morgan fingerprint density at radius 2 is 2.00 bits per heavy atom. The molecule has 2 aromatic rings. The number of carbonyl (C=O) groups is 2. The number of amides is 3. The number of hydrogen-bond donors (Lipinski definition) is 3. The van der Waals surface area contributed by atoms with Crippen molar-refractivity contribution in [3.63, 3.8) is 0 Å². The van der Waals surface area contributed by atoms with Crippen molar-refractivity contribution < 1.29 is 18.4 Å². The molecule has 0 spiro atoms. The monoisotopic (exact) mass is 397 g/mol. The van der Waals surface area contributed by atoms with Crippen LogP contribution in [0.2, 0.25) is 0 Å². The van der Waals surface area contributed by atoms with Gasteiger partial charge in [-0.1, -0.05) is 15.9 Å². The topological polar surface area (TPSA) is 83.4 Å². The predicted octanol–water partition coefficient (Wildman–Crippen LogP) is 2.34. The second-order valence-electron chi connectivity index (χ2n) is 4.95. The van der Waals surface area contributed by atoms with E-state index < -0.39 is 6.03 Å². The summed E-state index contributed by atoms with van der Waals surface area (Å²) in [5, 5.41) is 7.61. The van der Waals surface area contributed by atoms with Crippen molar-refractivity contribution in [3.8, 4) is 0 Å². The molecule has 1 heterocycles. The number of halogens is 2. The van der Waals surface area contributed by atoms with Crippen LogP contribution >= 0.6 is 15.9 Å². The highest BCUT2D eigenvalue weighted by Gasteiger charge is 2.07. The van der Waals surface area contributed by atoms with Crippen molar-refractivity contribution in [1.29, 1.82) is 0 Å². The van der Waals surface area contributed by atoms with Crippen LogP contribution in [0.5, 0.6) is 0 Å². The number of nitrogens with one attached hydrogen (secondary N) is 3. The van der Waals surface area contributed by atoms with Gasteiger partial charge in [-0.15, -0.1) is 0 Å². The zero-order chi connectivity index (χ0) is 17.4. The second kappa shape index (κ2) is 9.07. The largest absolute Gasteiger partial charge is 0.467 e. The Bertz CT molecular complexity index is 692. The lowest BCUT2D eigenvalue weighted by atomic mass is 10.1. The minimum Gasteiger partial charge on any atom is -0.467 e. The number of hydrogen-bond acceptors (Lipinski definition) is 3. The van der Waals surface area contributed by atoms with Crippen LogP contribution in [0.1, 0.15) is 11.3 Å². The van der Waals surface area contributed by atoms with Crippen molar-refractivity contribution in [2.24, 2.45) is 0 Å². The molecule has 0 unspecified atom stereocenters. The van der Waals surface area contributed by atoms with Crippen LogP contribution in [-0.2, 0) is 17.8 Å². The summed E-state index contributed by atoms with van der Waals surface area (Å²) in [6.07, 6.45) is 1.87. The number of carbonyl (C=O) groups excluding carboxylic acids is 2. The fourth-order valence-electron chi connectivity index (χ4n) is 1.93. The maximum atomic E-state index is 13.5. The molecule has 24 heavy (non-hydrogen) atoms. The zero-order valence-corrected chi connectivity index (χ0v) is 14.4. The summed E-state index contributed by atoms with van der Waals surface area (Å²) in [5.74, 6) is -0.0267. The van der Waals surface area contributed by atoms with Crippen LogP contribution in [-0.4, -0.2) is 25.0 Å². The van der Waals surface area contributed by atoms with E-state index in [4.69, 9.17) is 4.42 Å². The first-order chi connectivity index (χ1) is 11.5. The van der Waals surface area contributed by atoms with E-state index in [-0.39, 0.29) is 31.4 Å². The first kappa shape index (κ1) is 18.0. The Morgan fingerprint density at radius 1 is 1.17 bits per heavy atom. The van der Waals surface area contributed by atoms with E-state index in [9.17, 15) is 14.0 Å². The molecular weight excluding hydrogens is 381 g/mol. The van der Waals surface area contributed by atoms with Gasteiger partial charge < -0.3 is 20.4 Å². The van der Waals surface area contributed by atoms with Gasteiger partial charge in [-0.25, -0.2) is 9.18 Å². The van der Waals surface area contributed by atoms with E-state index in [2.05, 4.69) is 31.9 Å². The summed E-state index contributed by atoms with van der Waals surface area (Å²) in [4.78, 5) is 23.2. The normalized spacial score (nSPS) is 10.2. The highest BCUT2D eigenvalue weighted by molar-refractivity contribution is 9.10. The van der Waals surface area contributed by atoms with Crippen LogP contribution in [0, 0.1) is 5.82 Å². The first-order valence-corrected chi connectivity index (χ1v) is 8.08. The first-order valence-electron chi connectivity index (χ1n) is 7.29. The molecule has 1 aromatic heterocycles. The molecule has 0 bridgehead atoms. The third-order valence-corrected chi connectivity index (χ3v) is 3.63. The van der Waals surface area contributed by atoms with Crippen LogP contribution in [0.15, 0.2) is 45.5 Å². The molecular formula is C16H17BrFN3O3. The van der Waals surface area contributed by atoms with E-state index in [1.54, 1.807) is 24.3 Å². The lowest BCUT2D eigenvalue weighted by Crippen LogP contribution is -2.42. The van der Waals surface area contributed by atoms with Crippen LogP contribution in [0.3, 0.4) is 0 Å². The molecule has 0 radical (unpaired) electrons. The van der Waals surface area contributed by atoms with Gasteiger partial charge in [-0.2, -0.15) is 0 Å². The van der Waals surface area contributed by atoms with Crippen molar-refractivity contribution in [1.82, 2.24) is 16.0 Å². The summed E-state index contributed by atoms with van der Waals surface area (Å²) in [6.45, 7) is 0.363. The summed E-state index contributed by atoms with van der Waals surface area (Å²) in [6, 6.07) is 7.61. The Balaban J connectivity index is 1.62. The molecule has 0 aliphatic heterocycles. The van der Waals surface area contributed by atoms with Gasteiger partial charge in [0.15, 0.2) is 0 Å². The molecule has 128 valence electrons. The molecule has 0 fully saturated rings. The van der Waals surface area contributed by atoms with E-state index in [1.807, 2.05) is 0 Å². The van der Waals surface area contributed by atoms with E-state index in [1.165, 1.54) is 12.3 Å². The Hall–Kier alpha value is -2.35. The van der Waals surface area contributed by atoms with Gasteiger partial charge in [0.2, 0.25) is 5.91 Å². The van der Waals surface area contributed by atoms with Crippen molar-refractivity contribution in [3.05, 3.63) is 58.2 Å². The fraction of sp³-hybridized carbons (Fsp3) is 0.250. The minimum atomic E-state index is -0.487. The van der Waals surface area contributed by atoms with Crippen molar-refractivity contribution in [2.45, 2.75) is 13.0 Å². The van der Waals surface area contributed by atoms with Crippen LogP contribution < -0.4 is 16.0 Å². The number of rotatable bonds is 7. The molecule has 2 rings (SSSR count). The maximum Gasteiger partial charge on any atom is 0.315 e.